The first kappa shape index (κ1) is 14.7. The van der Waals surface area contributed by atoms with Gasteiger partial charge in [-0.15, -0.1) is 0 Å². The average Bonchev–Trinajstić information content (AvgIpc) is 2.32. The van der Waals surface area contributed by atoms with E-state index in [1.54, 1.807) is 6.07 Å². The summed E-state index contributed by atoms with van der Waals surface area (Å²) in [7, 11) is 0. The zero-order valence-electron chi connectivity index (χ0n) is 11.6. The van der Waals surface area contributed by atoms with E-state index in [2.05, 4.69) is 15.3 Å². The Morgan fingerprint density at radius 1 is 1.33 bits per heavy atom. The first-order valence-corrected chi connectivity index (χ1v) is 6.60. The third-order valence-electron chi connectivity index (χ3n) is 2.44. The van der Waals surface area contributed by atoms with Crippen LogP contribution in [0.1, 0.15) is 39.4 Å². The summed E-state index contributed by atoms with van der Waals surface area (Å²) < 4.78 is 5.48. The lowest BCUT2D eigenvalue weighted by Crippen LogP contribution is -2.09. The van der Waals surface area contributed by atoms with Crippen molar-refractivity contribution in [3.05, 3.63) is 11.9 Å². The molecule has 0 amide bonds. The average molecular weight is 252 g/mol. The van der Waals surface area contributed by atoms with Crippen LogP contribution in [0, 0.1) is 0 Å². The number of aryl methyl sites for hydroxylation is 1. The van der Waals surface area contributed by atoms with Crippen LogP contribution < -0.4 is 11.1 Å². The van der Waals surface area contributed by atoms with Crippen molar-refractivity contribution in [1.29, 1.82) is 0 Å². The van der Waals surface area contributed by atoms with Crippen LogP contribution in [-0.4, -0.2) is 29.2 Å². The van der Waals surface area contributed by atoms with Gasteiger partial charge in [0.1, 0.15) is 17.5 Å². The molecular formula is C13H24N4O. The normalized spacial score (nSPS) is 10.9. The number of rotatable bonds is 8. The summed E-state index contributed by atoms with van der Waals surface area (Å²) in [6.07, 6.45) is 3.21. The van der Waals surface area contributed by atoms with Crippen LogP contribution >= 0.6 is 0 Å². The lowest BCUT2D eigenvalue weighted by atomic mass is 10.3. The van der Waals surface area contributed by atoms with Crippen molar-refractivity contribution in [2.75, 3.05) is 24.2 Å². The summed E-state index contributed by atoms with van der Waals surface area (Å²) >= 11 is 0. The molecule has 1 heterocycles. The van der Waals surface area contributed by atoms with Crippen LogP contribution in [-0.2, 0) is 11.2 Å². The van der Waals surface area contributed by atoms with Gasteiger partial charge in [-0.1, -0.05) is 6.92 Å². The summed E-state index contributed by atoms with van der Waals surface area (Å²) in [6, 6.07) is 1.77. The van der Waals surface area contributed by atoms with Crippen LogP contribution in [0.5, 0.6) is 0 Å². The Hall–Kier alpha value is -1.36. The van der Waals surface area contributed by atoms with Gasteiger partial charge in [0, 0.05) is 25.6 Å². The van der Waals surface area contributed by atoms with Crippen LogP contribution in [0.4, 0.5) is 11.6 Å². The van der Waals surface area contributed by atoms with Gasteiger partial charge < -0.3 is 15.8 Å². The van der Waals surface area contributed by atoms with Gasteiger partial charge >= 0.3 is 0 Å². The Bertz CT molecular complexity index is 355. The van der Waals surface area contributed by atoms with E-state index in [1.807, 2.05) is 20.8 Å². The Labute approximate surface area is 109 Å². The number of unbranched alkanes of at least 4 members (excludes halogenated alkanes) is 1. The highest BCUT2D eigenvalue weighted by Gasteiger charge is 2.00. The maximum absolute atomic E-state index is 5.71. The molecule has 0 spiro atoms. The molecule has 0 aliphatic rings. The Kier molecular flexibility index (Phi) is 6.43. The smallest absolute Gasteiger partial charge is 0.132 e. The molecule has 0 saturated carbocycles. The summed E-state index contributed by atoms with van der Waals surface area (Å²) in [5.74, 6) is 2.11. The van der Waals surface area contributed by atoms with Gasteiger partial charge in [-0.3, -0.25) is 0 Å². The molecule has 5 nitrogen and oxygen atoms in total. The van der Waals surface area contributed by atoms with E-state index in [1.165, 1.54) is 0 Å². The molecule has 1 rings (SSSR count). The van der Waals surface area contributed by atoms with Gasteiger partial charge in [0.2, 0.25) is 0 Å². The summed E-state index contributed by atoms with van der Waals surface area (Å²) in [5, 5.41) is 3.26. The number of ether oxygens (including phenoxy) is 1. The molecule has 18 heavy (non-hydrogen) atoms. The predicted molar refractivity (Wildman–Crippen MR) is 74.6 cm³/mol. The van der Waals surface area contributed by atoms with Gasteiger partial charge in [0.25, 0.3) is 0 Å². The van der Waals surface area contributed by atoms with Gasteiger partial charge in [-0.25, -0.2) is 9.97 Å². The van der Waals surface area contributed by atoms with Gasteiger partial charge in [0.15, 0.2) is 0 Å². The number of nitrogen functional groups attached to an aromatic ring is 1. The number of hydrogen-bond acceptors (Lipinski definition) is 5. The standard InChI is InChI=1S/C13H24N4O/c1-4-12-16-11(14)9-13(17-12)15-7-5-6-8-18-10(2)3/h9-10H,4-8H2,1-3H3,(H3,14,15,16,17). The molecule has 0 aliphatic heterocycles. The monoisotopic (exact) mass is 252 g/mol. The molecule has 3 N–H and O–H groups in total. The van der Waals surface area contributed by atoms with Crippen molar-refractivity contribution in [1.82, 2.24) is 9.97 Å². The van der Waals surface area contributed by atoms with E-state index >= 15 is 0 Å². The van der Waals surface area contributed by atoms with Crippen molar-refractivity contribution in [2.45, 2.75) is 46.1 Å². The van der Waals surface area contributed by atoms with Crippen molar-refractivity contribution in [3.63, 3.8) is 0 Å². The highest BCUT2D eigenvalue weighted by atomic mass is 16.5. The molecular weight excluding hydrogens is 228 g/mol. The lowest BCUT2D eigenvalue weighted by molar-refractivity contribution is 0.0765. The number of nitrogens with one attached hydrogen (secondary N) is 1. The van der Waals surface area contributed by atoms with Crippen LogP contribution in [0.3, 0.4) is 0 Å². The summed E-state index contributed by atoms with van der Waals surface area (Å²) in [5.41, 5.74) is 5.71. The highest BCUT2D eigenvalue weighted by molar-refractivity contribution is 5.44. The number of nitrogens with two attached hydrogens (primary N) is 1. The second kappa shape index (κ2) is 7.87. The maximum atomic E-state index is 5.71. The molecule has 0 aromatic carbocycles. The molecule has 0 radical (unpaired) electrons. The highest BCUT2D eigenvalue weighted by Crippen LogP contribution is 2.09. The molecule has 102 valence electrons. The van der Waals surface area contributed by atoms with Crippen molar-refractivity contribution in [3.8, 4) is 0 Å². The zero-order chi connectivity index (χ0) is 13.4. The molecule has 0 atom stereocenters. The molecule has 0 aliphatic carbocycles. The Balaban J connectivity index is 2.24. The number of hydrogen-bond donors (Lipinski definition) is 2. The third-order valence-corrected chi connectivity index (χ3v) is 2.44. The fourth-order valence-corrected chi connectivity index (χ4v) is 1.53. The minimum absolute atomic E-state index is 0.312. The molecule has 0 unspecified atom stereocenters. The van der Waals surface area contributed by atoms with Crippen LogP contribution in [0.2, 0.25) is 0 Å². The molecule has 0 bridgehead atoms. The van der Waals surface area contributed by atoms with E-state index < -0.39 is 0 Å². The SMILES string of the molecule is CCc1nc(N)cc(NCCCCOC(C)C)n1. The minimum atomic E-state index is 0.312. The Morgan fingerprint density at radius 2 is 2.11 bits per heavy atom. The van der Waals surface area contributed by atoms with Crippen LogP contribution in [0.15, 0.2) is 6.07 Å². The summed E-state index contributed by atoms with van der Waals surface area (Å²) in [4.78, 5) is 8.50. The zero-order valence-corrected chi connectivity index (χ0v) is 11.6. The van der Waals surface area contributed by atoms with E-state index in [0.29, 0.717) is 11.9 Å². The van der Waals surface area contributed by atoms with E-state index in [9.17, 15) is 0 Å². The number of anilines is 2. The topological polar surface area (TPSA) is 73.1 Å². The van der Waals surface area contributed by atoms with Crippen molar-refractivity contribution >= 4 is 11.6 Å². The molecule has 0 fully saturated rings. The van der Waals surface area contributed by atoms with Crippen molar-refractivity contribution < 1.29 is 4.74 Å². The fourth-order valence-electron chi connectivity index (χ4n) is 1.53. The quantitative estimate of drug-likeness (QED) is 0.694. The predicted octanol–water partition coefficient (Wildman–Crippen LogP) is 2.24. The van der Waals surface area contributed by atoms with E-state index in [-0.39, 0.29) is 0 Å². The summed E-state index contributed by atoms with van der Waals surface area (Å²) in [6.45, 7) is 7.80. The molecule has 1 aromatic rings. The minimum Gasteiger partial charge on any atom is -0.384 e. The van der Waals surface area contributed by atoms with Gasteiger partial charge in [0.05, 0.1) is 6.10 Å². The fraction of sp³-hybridized carbons (Fsp3) is 0.692. The largest absolute Gasteiger partial charge is 0.384 e. The number of aromatic nitrogens is 2. The van der Waals surface area contributed by atoms with E-state index in [0.717, 1.165) is 44.1 Å². The molecule has 0 saturated heterocycles. The van der Waals surface area contributed by atoms with Gasteiger partial charge in [-0.2, -0.15) is 0 Å². The van der Waals surface area contributed by atoms with E-state index in [4.69, 9.17) is 10.5 Å². The first-order chi connectivity index (χ1) is 8.61. The first-order valence-electron chi connectivity index (χ1n) is 6.60. The molecule has 5 heteroatoms. The maximum Gasteiger partial charge on any atom is 0.132 e. The van der Waals surface area contributed by atoms with Crippen LogP contribution in [0.25, 0.3) is 0 Å². The lowest BCUT2D eigenvalue weighted by Gasteiger charge is -2.09. The Morgan fingerprint density at radius 3 is 2.78 bits per heavy atom. The van der Waals surface area contributed by atoms with Crippen molar-refractivity contribution in [2.24, 2.45) is 0 Å². The second-order valence-electron chi connectivity index (χ2n) is 4.50. The second-order valence-corrected chi connectivity index (χ2v) is 4.50. The molecule has 1 aromatic heterocycles. The number of nitrogens with zero attached hydrogens (tertiary/aromatic N) is 2. The third kappa shape index (κ3) is 5.82. The van der Waals surface area contributed by atoms with Gasteiger partial charge in [-0.05, 0) is 26.7 Å².